The summed E-state index contributed by atoms with van der Waals surface area (Å²) in [6.07, 6.45) is 4.91. The Hall–Kier alpha value is -2.69. The first-order valence-corrected chi connectivity index (χ1v) is 12.8. The minimum atomic E-state index is -0.0226. The first-order valence-electron chi connectivity index (χ1n) is 11.3. The third kappa shape index (κ3) is 5.35. The van der Waals surface area contributed by atoms with Gasteiger partial charge >= 0.3 is 0 Å². The number of allylic oxidation sites excluding steroid dienone is 2. The molecule has 4 aromatic rings. The maximum absolute atomic E-state index is 13.3. The second-order valence-corrected chi connectivity index (χ2v) is 10.5. The summed E-state index contributed by atoms with van der Waals surface area (Å²) < 4.78 is 12.0. The zero-order chi connectivity index (χ0) is 25.4. The van der Waals surface area contributed by atoms with Crippen molar-refractivity contribution in [2.75, 3.05) is 0 Å². The Bertz CT molecular complexity index is 1410. The van der Waals surface area contributed by atoms with Crippen LogP contribution in [0.3, 0.4) is 0 Å². The van der Waals surface area contributed by atoms with Gasteiger partial charge in [-0.15, -0.1) is 0 Å². The predicted molar refractivity (Wildman–Crippen MR) is 148 cm³/mol. The highest BCUT2D eigenvalue weighted by molar-refractivity contribution is 6.35. The van der Waals surface area contributed by atoms with Crippen molar-refractivity contribution >= 4 is 64.3 Å². The number of ketones is 1. The van der Waals surface area contributed by atoms with Gasteiger partial charge in [0.25, 0.3) is 0 Å². The number of hydrogen-bond donors (Lipinski definition) is 0. The number of halogens is 4. The van der Waals surface area contributed by atoms with E-state index >= 15 is 0 Å². The lowest BCUT2D eigenvalue weighted by Crippen LogP contribution is -2.18. The highest BCUT2D eigenvalue weighted by atomic mass is 35.5. The molecule has 0 amide bonds. The van der Waals surface area contributed by atoms with Crippen molar-refractivity contribution in [2.24, 2.45) is 5.92 Å². The van der Waals surface area contributed by atoms with E-state index in [0.717, 1.165) is 0 Å². The predicted octanol–water partition coefficient (Wildman–Crippen LogP) is 10.3. The summed E-state index contributed by atoms with van der Waals surface area (Å²) in [6, 6.07) is 17.7. The van der Waals surface area contributed by atoms with Crippen LogP contribution in [0.15, 0.2) is 80.6 Å². The topological polar surface area (TPSA) is 43.4 Å². The summed E-state index contributed by atoms with van der Waals surface area (Å²) in [5.41, 5.74) is 2.77. The van der Waals surface area contributed by atoms with Gasteiger partial charge in [-0.1, -0.05) is 53.3 Å². The molecule has 0 N–H and O–H groups in total. The quantitative estimate of drug-likeness (QED) is 0.234. The Morgan fingerprint density at radius 3 is 1.58 bits per heavy atom. The lowest BCUT2D eigenvalue weighted by atomic mass is 9.81. The van der Waals surface area contributed by atoms with Crippen LogP contribution in [0, 0.1) is 5.92 Å². The molecular formula is C29H20Cl4O3. The van der Waals surface area contributed by atoms with E-state index in [1.54, 1.807) is 48.6 Å². The number of benzene rings is 2. The average Bonchev–Trinajstić information content (AvgIpc) is 3.50. The van der Waals surface area contributed by atoms with Gasteiger partial charge in [-0.2, -0.15) is 0 Å². The smallest absolute Gasteiger partial charge is 0.185 e. The fourth-order valence-corrected chi connectivity index (χ4v) is 5.10. The summed E-state index contributed by atoms with van der Waals surface area (Å²) in [5, 5.41) is 2.21. The van der Waals surface area contributed by atoms with E-state index in [1.807, 2.05) is 24.3 Å². The lowest BCUT2D eigenvalue weighted by Gasteiger charge is -2.22. The van der Waals surface area contributed by atoms with Crippen LogP contribution in [-0.4, -0.2) is 5.78 Å². The van der Waals surface area contributed by atoms with Gasteiger partial charge in [0.2, 0.25) is 0 Å². The van der Waals surface area contributed by atoms with Crippen LogP contribution in [0.2, 0.25) is 20.1 Å². The Kier molecular flexibility index (Phi) is 7.18. The van der Waals surface area contributed by atoms with Gasteiger partial charge in [-0.05, 0) is 91.6 Å². The van der Waals surface area contributed by atoms with Crippen LogP contribution in [-0.2, 0) is 4.79 Å². The summed E-state index contributed by atoms with van der Waals surface area (Å²) in [6.45, 7) is 2.12. The molecule has 0 bridgehead atoms. The summed E-state index contributed by atoms with van der Waals surface area (Å²) in [7, 11) is 0. The van der Waals surface area contributed by atoms with Gasteiger partial charge in [0.05, 0.1) is 10.0 Å². The minimum Gasteiger partial charge on any atom is -0.457 e. The summed E-state index contributed by atoms with van der Waals surface area (Å²) in [4.78, 5) is 13.3. The van der Waals surface area contributed by atoms with Crippen LogP contribution in [0.5, 0.6) is 0 Å². The van der Waals surface area contributed by atoms with E-state index < -0.39 is 0 Å². The zero-order valence-electron chi connectivity index (χ0n) is 19.2. The number of carbonyl (C=O) groups is 1. The first-order chi connectivity index (χ1) is 17.3. The zero-order valence-corrected chi connectivity index (χ0v) is 22.2. The monoisotopic (exact) mass is 556 g/mol. The van der Waals surface area contributed by atoms with E-state index in [2.05, 4.69) is 6.92 Å². The van der Waals surface area contributed by atoms with Crippen LogP contribution in [0.4, 0.5) is 0 Å². The molecule has 182 valence electrons. The molecule has 2 heterocycles. The molecule has 0 spiro atoms. The highest BCUT2D eigenvalue weighted by Gasteiger charge is 2.26. The third-order valence-corrected chi connectivity index (χ3v) is 7.12. The van der Waals surface area contributed by atoms with E-state index in [0.29, 0.717) is 78.2 Å². The molecule has 2 aromatic carbocycles. The van der Waals surface area contributed by atoms with Crippen molar-refractivity contribution < 1.29 is 13.6 Å². The third-order valence-electron chi connectivity index (χ3n) is 5.99. The number of Topliss-reactive ketones (excluding diaryl/α,β-unsaturated/α-hetero) is 1. The summed E-state index contributed by atoms with van der Waals surface area (Å²) >= 11 is 24.8. The van der Waals surface area contributed by atoms with Crippen LogP contribution < -0.4 is 0 Å². The second-order valence-electron chi connectivity index (χ2n) is 8.83. The van der Waals surface area contributed by atoms with Crippen molar-refractivity contribution in [1.82, 2.24) is 0 Å². The normalized spacial score (nSPS) is 18.4. The van der Waals surface area contributed by atoms with Gasteiger partial charge in [0.15, 0.2) is 5.78 Å². The van der Waals surface area contributed by atoms with Gasteiger partial charge in [0, 0.05) is 32.3 Å². The molecule has 5 rings (SSSR count). The average molecular weight is 558 g/mol. The highest BCUT2D eigenvalue weighted by Crippen LogP contribution is 2.36. The van der Waals surface area contributed by atoms with Crippen LogP contribution >= 0.6 is 46.4 Å². The molecule has 1 saturated carbocycles. The van der Waals surface area contributed by atoms with E-state index in [9.17, 15) is 4.79 Å². The van der Waals surface area contributed by atoms with Crippen molar-refractivity contribution in [3.05, 3.63) is 103 Å². The van der Waals surface area contributed by atoms with Crippen molar-refractivity contribution in [3.63, 3.8) is 0 Å². The molecule has 1 aliphatic carbocycles. The van der Waals surface area contributed by atoms with Crippen LogP contribution in [0.25, 0.3) is 34.8 Å². The molecule has 0 saturated heterocycles. The fraction of sp³-hybridized carbons (Fsp3) is 0.138. The SMILES string of the molecule is CC1CC(=Cc2ccc(-c3cc(Cl)ccc3Cl)o2)C(=O)C(=Cc2ccc(-c3cc(Cl)ccc3Cl)o2)C1. The number of rotatable bonds is 4. The molecular weight excluding hydrogens is 538 g/mol. The molecule has 7 heteroatoms. The number of carbonyl (C=O) groups excluding carboxylic acids is 1. The maximum atomic E-state index is 13.3. The Morgan fingerprint density at radius 2 is 1.14 bits per heavy atom. The Labute approximate surface area is 228 Å². The second kappa shape index (κ2) is 10.4. The fourth-order valence-electron chi connectivity index (χ4n) is 4.33. The largest absolute Gasteiger partial charge is 0.457 e. The molecule has 1 aliphatic rings. The standard InChI is InChI=1S/C29H20Cl4O3/c1-16-10-17(12-21-4-8-27(35-21)23-14-19(30)2-6-25(23)32)29(34)18(11-16)13-22-5-9-28(36-22)24-15-20(31)3-7-26(24)33/h2-9,12-16H,10-11H2,1H3. The van der Waals surface area contributed by atoms with Crippen molar-refractivity contribution in [3.8, 4) is 22.6 Å². The molecule has 36 heavy (non-hydrogen) atoms. The van der Waals surface area contributed by atoms with Gasteiger partial charge < -0.3 is 8.83 Å². The van der Waals surface area contributed by atoms with E-state index in [1.165, 1.54) is 0 Å². The molecule has 2 aromatic heterocycles. The maximum Gasteiger partial charge on any atom is 0.185 e. The Balaban J connectivity index is 1.42. The number of furan rings is 2. The molecule has 0 unspecified atom stereocenters. The molecule has 3 nitrogen and oxygen atoms in total. The van der Waals surface area contributed by atoms with Crippen molar-refractivity contribution in [2.45, 2.75) is 19.8 Å². The summed E-state index contributed by atoms with van der Waals surface area (Å²) in [5.74, 6) is 2.59. The van der Waals surface area contributed by atoms with Gasteiger partial charge in [0.1, 0.15) is 23.0 Å². The van der Waals surface area contributed by atoms with Gasteiger partial charge in [-0.25, -0.2) is 0 Å². The van der Waals surface area contributed by atoms with Crippen molar-refractivity contribution in [1.29, 1.82) is 0 Å². The molecule has 1 fully saturated rings. The lowest BCUT2D eigenvalue weighted by molar-refractivity contribution is -0.113. The molecule has 0 radical (unpaired) electrons. The number of hydrogen-bond acceptors (Lipinski definition) is 3. The van der Waals surface area contributed by atoms with Gasteiger partial charge in [-0.3, -0.25) is 4.79 Å². The van der Waals surface area contributed by atoms with Crippen LogP contribution in [0.1, 0.15) is 31.3 Å². The Morgan fingerprint density at radius 1 is 0.694 bits per heavy atom. The minimum absolute atomic E-state index is 0.0226. The molecule has 0 atom stereocenters. The molecule has 0 aliphatic heterocycles. The first kappa shape index (κ1) is 25.0. The van der Waals surface area contributed by atoms with E-state index in [-0.39, 0.29) is 11.7 Å². The van der Waals surface area contributed by atoms with E-state index in [4.69, 9.17) is 55.2 Å².